The molecule has 0 fully saturated rings. The van der Waals surface area contributed by atoms with Gasteiger partial charge in [-0.05, 0) is 76.0 Å². The number of furan rings is 1. The van der Waals surface area contributed by atoms with Gasteiger partial charge in [-0.1, -0.05) is 55.5 Å². The van der Waals surface area contributed by atoms with Crippen LogP contribution in [0.1, 0.15) is 41.7 Å². The lowest BCUT2D eigenvalue weighted by atomic mass is 9.78. The fourth-order valence-electron chi connectivity index (χ4n) is 4.71. The Morgan fingerprint density at radius 3 is 2.78 bits per heavy atom. The van der Waals surface area contributed by atoms with E-state index in [4.69, 9.17) is 4.42 Å². The van der Waals surface area contributed by atoms with Crippen molar-refractivity contribution in [2.45, 2.75) is 38.6 Å². The Bertz CT molecular complexity index is 1110. The minimum Gasteiger partial charge on any atom is -0.468 e. The zero-order valence-electron chi connectivity index (χ0n) is 15.8. The van der Waals surface area contributed by atoms with Gasteiger partial charge in [0.25, 0.3) is 0 Å². The average Bonchev–Trinajstić information content (AvgIpc) is 3.20. The smallest absolute Gasteiger partial charge is 0.121 e. The monoisotopic (exact) mass is 355 g/mol. The van der Waals surface area contributed by atoms with E-state index in [-0.39, 0.29) is 0 Å². The molecule has 0 saturated heterocycles. The van der Waals surface area contributed by atoms with Gasteiger partial charge in [0.2, 0.25) is 0 Å². The topological polar surface area (TPSA) is 25.2 Å². The average molecular weight is 355 g/mol. The molecule has 0 radical (unpaired) electrons. The molecule has 0 aliphatic heterocycles. The van der Waals surface area contributed by atoms with Crippen LogP contribution in [0.4, 0.5) is 0 Å². The lowest BCUT2D eigenvalue weighted by Crippen LogP contribution is -2.17. The molecule has 27 heavy (non-hydrogen) atoms. The van der Waals surface area contributed by atoms with E-state index in [0.717, 1.165) is 31.7 Å². The van der Waals surface area contributed by atoms with E-state index in [1.165, 1.54) is 44.7 Å². The van der Waals surface area contributed by atoms with Crippen molar-refractivity contribution in [2.75, 3.05) is 6.54 Å². The second kappa shape index (κ2) is 6.86. The molecule has 1 aliphatic carbocycles. The first-order valence-corrected chi connectivity index (χ1v) is 10.0. The fourth-order valence-corrected chi connectivity index (χ4v) is 4.71. The van der Waals surface area contributed by atoms with Gasteiger partial charge in [0.15, 0.2) is 0 Å². The zero-order valence-corrected chi connectivity index (χ0v) is 15.8. The van der Waals surface area contributed by atoms with Gasteiger partial charge in [-0.25, -0.2) is 0 Å². The first-order valence-electron chi connectivity index (χ1n) is 10.0. The Balaban J connectivity index is 1.58. The summed E-state index contributed by atoms with van der Waals surface area (Å²) >= 11 is 0. The summed E-state index contributed by atoms with van der Waals surface area (Å²) in [7, 11) is 0. The molecular formula is C25H25NO. The van der Waals surface area contributed by atoms with Crippen LogP contribution in [0.25, 0.3) is 21.5 Å². The second-order valence-electron chi connectivity index (χ2n) is 7.60. The van der Waals surface area contributed by atoms with Crippen molar-refractivity contribution in [2.24, 2.45) is 0 Å². The van der Waals surface area contributed by atoms with E-state index < -0.39 is 0 Å². The van der Waals surface area contributed by atoms with Gasteiger partial charge < -0.3 is 9.73 Å². The van der Waals surface area contributed by atoms with E-state index in [9.17, 15) is 0 Å². The number of aryl methyl sites for hydroxylation is 1. The highest BCUT2D eigenvalue weighted by Gasteiger charge is 2.25. The number of benzene rings is 3. The third-order valence-electron chi connectivity index (χ3n) is 6.10. The van der Waals surface area contributed by atoms with Gasteiger partial charge in [-0.15, -0.1) is 0 Å². The Kier molecular flexibility index (Phi) is 4.21. The van der Waals surface area contributed by atoms with E-state index in [2.05, 4.69) is 66.8 Å². The van der Waals surface area contributed by atoms with Crippen LogP contribution in [0.2, 0.25) is 0 Å². The van der Waals surface area contributed by atoms with Crippen LogP contribution in [0.15, 0.2) is 65.3 Å². The van der Waals surface area contributed by atoms with Crippen LogP contribution in [-0.2, 0) is 19.4 Å². The number of fused-ring (bicyclic) bond motifs is 5. The molecule has 2 heteroatoms. The van der Waals surface area contributed by atoms with Crippen molar-refractivity contribution in [1.82, 2.24) is 5.32 Å². The number of rotatable bonds is 4. The largest absolute Gasteiger partial charge is 0.468 e. The SMILES string of the molecule is CCNCc1occc1C1CCc2ccc3c(ccc4ccccc43)c2C1. The molecule has 136 valence electrons. The maximum atomic E-state index is 5.79. The van der Waals surface area contributed by atoms with Crippen molar-refractivity contribution >= 4 is 21.5 Å². The van der Waals surface area contributed by atoms with Gasteiger partial charge >= 0.3 is 0 Å². The van der Waals surface area contributed by atoms with Crippen molar-refractivity contribution in [3.05, 3.63) is 83.3 Å². The van der Waals surface area contributed by atoms with Crippen LogP contribution >= 0.6 is 0 Å². The summed E-state index contributed by atoms with van der Waals surface area (Å²) in [5.41, 5.74) is 4.44. The number of hydrogen-bond donors (Lipinski definition) is 1. The molecule has 2 nitrogen and oxygen atoms in total. The van der Waals surface area contributed by atoms with Gasteiger partial charge in [0, 0.05) is 0 Å². The molecule has 0 spiro atoms. The third-order valence-corrected chi connectivity index (χ3v) is 6.10. The molecule has 1 heterocycles. The minimum absolute atomic E-state index is 0.543. The summed E-state index contributed by atoms with van der Waals surface area (Å²) in [6.07, 6.45) is 5.30. The van der Waals surface area contributed by atoms with E-state index >= 15 is 0 Å². The van der Waals surface area contributed by atoms with Gasteiger partial charge in [0.05, 0.1) is 12.8 Å². The number of nitrogens with one attached hydrogen (secondary N) is 1. The summed E-state index contributed by atoms with van der Waals surface area (Å²) in [5.74, 6) is 1.65. The minimum atomic E-state index is 0.543. The second-order valence-corrected chi connectivity index (χ2v) is 7.60. The van der Waals surface area contributed by atoms with E-state index in [1.54, 1.807) is 0 Å². The summed E-state index contributed by atoms with van der Waals surface area (Å²) in [6.45, 7) is 3.92. The third kappa shape index (κ3) is 2.85. The summed E-state index contributed by atoms with van der Waals surface area (Å²) in [6, 6.07) is 20.2. The zero-order chi connectivity index (χ0) is 18.2. The van der Waals surface area contributed by atoms with Crippen molar-refractivity contribution in [1.29, 1.82) is 0 Å². The molecule has 1 unspecified atom stereocenters. The predicted molar refractivity (Wildman–Crippen MR) is 112 cm³/mol. The van der Waals surface area contributed by atoms with Crippen LogP contribution in [0.5, 0.6) is 0 Å². The molecule has 4 aromatic rings. The van der Waals surface area contributed by atoms with Crippen molar-refractivity contribution in [3.63, 3.8) is 0 Å². The quantitative estimate of drug-likeness (QED) is 0.456. The van der Waals surface area contributed by atoms with Crippen molar-refractivity contribution in [3.8, 4) is 0 Å². The molecule has 1 N–H and O–H groups in total. The molecule has 5 rings (SSSR count). The lowest BCUT2D eigenvalue weighted by Gasteiger charge is -2.26. The Morgan fingerprint density at radius 1 is 0.963 bits per heavy atom. The Labute approximate surface area is 160 Å². The maximum absolute atomic E-state index is 5.79. The Morgan fingerprint density at radius 2 is 1.85 bits per heavy atom. The lowest BCUT2D eigenvalue weighted by molar-refractivity contribution is 0.471. The first kappa shape index (κ1) is 16.6. The molecule has 1 aromatic heterocycles. The molecule has 0 bridgehead atoms. The maximum Gasteiger partial charge on any atom is 0.121 e. The predicted octanol–water partition coefficient (Wildman–Crippen LogP) is 5.97. The molecular weight excluding hydrogens is 330 g/mol. The summed E-state index contributed by atoms with van der Waals surface area (Å²) in [5, 5.41) is 8.89. The highest BCUT2D eigenvalue weighted by molar-refractivity contribution is 6.08. The molecule has 3 aromatic carbocycles. The van der Waals surface area contributed by atoms with Crippen LogP contribution < -0.4 is 5.32 Å². The standard InChI is InChI=1S/C25H25NO/c1-2-26-16-25-21(13-14-27-25)19-8-7-18-10-11-22-20-6-4-3-5-17(20)9-12-23(22)24(18)15-19/h3-6,9-14,19,26H,2,7-8,15-16H2,1H3. The normalized spacial score (nSPS) is 16.7. The highest BCUT2D eigenvalue weighted by atomic mass is 16.3. The summed E-state index contributed by atoms with van der Waals surface area (Å²) in [4.78, 5) is 0. The Hall–Kier alpha value is -2.58. The molecule has 0 saturated carbocycles. The van der Waals surface area contributed by atoms with Crippen LogP contribution in [0.3, 0.4) is 0 Å². The summed E-state index contributed by atoms with van der Waals surface area (Å²) < 4.78 is 5.79. The van der Waals surface area contributed by atoms with E-state index in [1.807, 2.05) is 6.26 Å². The van der Waals surface area contributed by atoms with Gasteiger partial charge in [0.1, 0.15) is 5.76 Å². The number of hydrogen-bond acceptors (Lipinski definition) is 2. The first-order chi connectivity index (χ1) is 13.3. The van der Waals surface area contributed by atoms with Gasteiger partial charge in [-0.3, -0.25) is 0 Å². The fraction of sp³-hybridized carbons (Fsp3) is 0.280. The molecule has 1 aliphatic rings. The molecule has 0 amide bonds. The van der Waals surface area contributed by atoms with Gasteiger partial charge in [-0.2, -0.15) is 0 Å². The van der Waals surface area contributed by atoms with Crippen LogP contribution in [-0.4, -0.2) is 6.54 Å². The molecule has 1 atom stereocenters. The van der Waals surface area contributed by atoms with E-state index in [0.29, 0.717) is 5.92 Å². The van der Waals surface area contributed by atoms with Crippen molar-refractivity contribution < 1.29 is 4.42 Å². The van der Waals surface area contributed by atoms with Crippen LogP contribution in [0, 0.1) is 0 Å². The highest BCUT2D eigenvalue weighted by Crippen LogP contribution is 2.39.